The van der Waals surface area contributed by atoms with Crippen LogP contribution in [0.4, 0.5) is 0 Å². The van der Waals surface area contributed by atoms with E-state index in [2.05, 4.69) is 26.6 Å². The minimum atomic E-state index is -1.68. The smallest absolute Gasteiger partial charge is 0.328 e. The molecule has 0 fully saturated rings. The zero-order valence-corrected chi connectivity index (χ0v) is 21.5. The molecule has 0 unspecified atom stereocenters. The van der Waals surface area contributed by atoms with Crippen LogP contribution in [0, 0.1) is 0 Å². The molecule has 0 saturated carbocycles. The molecule has 0 heterocycles. The number of hydrogen-bond donors (Lipinski definition) is 13. The summed E-state index contributed by atoms with van der Waals surface area (Å²) >= 11 is 0. The number of aliphatic carboxylic acids is 1. The summed E-state index contributed by atoms with van der Waals surface area (Å²) < 4.78 is 0. The molecule has 14 N–H and O–H groups in total. The van der Waals surface area contributed by atoms with Crippen LogP contribution in [0.2, 0.25) is 0 Å². The normalized spacial score (nSPS) is 13.3. The van der Waals surface area contributed by atoms with Gasteiger partial charge < -0.3 is 68.5 Å². The zero-order valence-electron chi connectivity index (χ0n) is 21.5. The summed E-state index contributed by atoms with van der Waals surface area (Å²) in [6, 6.07) is -6.30. The molecule has 41 heavy (non-hydrogen) atoms. The molecule has 0 aliphatic carbocycles. The second-order valence-electron chi connectivity index (χ2n) is 7.91. The molecule has 0 spiro atoms. The molecule has 0 aromatic heterocycles. The number of carboxylic acid groups (broad SMARTS) is 1. The molecular formula is C20H34N8O13. The molecule has 0 aromatic carbocycles. The summed E-state index contributed by atoms with van der Waals surface area (Å²) in [6.07, 6.45) is 0. The highest BCUT2D eigenvalue weighted by Gasteiger charge is 2.27. The molecule has 7 amide bonds. The van der Waals surface area contributed by atoms with E-state index in [-0.39, 0.29) is 0 Å². The van der Waals surface area contributed by atoms with E-state index in [1.54, 1.807) is 0 Å². The molecule has 232 valence electrons. The first-order valence-corrected chi connectivity index (χ1v) is 11.7. The molecule has 0 bridgehead atoms. The standard InChI is InChI=1S/C20H34N8O13/c21-1-13(33)25-10(6-30)18(38)27-9(5-29)17(37)24-3-15(35)22-2-14(34)23-4-16(36)26-11(7-31)19(39)28-12(8-32)20(40)41/h9-12,29-32H,1-8,21H2,(H,22,35)(H,23,34)(H,24,37)(H,25,33)(H,26,36)(H,27,38)(H,28,39)(H,40,41)/t9-,10-,11-,12-/m0/s1. The van der Waals surface area contributed by atoms with Gasteiger partial charge in [-0.05, 0) is 0 Å². The van der Waals surface area contributed by atoms with E-state index in [9.17, 15) is 53.7 Å². The molecule has 0 saturated heterocycles. The van der Waals surface area contributed by atoms with E-state index < -0.39 is 124 Å². The van der Waals surface area contributed by atoms with E-state index in [0.29, 0.717) is 0 Å². The lowest BCUT2D eigenvalue weighted by Gasteiger charge is -2.20. The van der Waals surface area contributed by atoms with E-state index >= 15 is 0 Å². The Morgan fingerprint density at radius 2 is 0.854 bits per heavy atom. The number of carbonyl (C=O) groups excluding carboxylic acids is 7. The van der Waals surface area contributed by atoms with Crippen molar-refractivity contribution >= 4 is 47.3 Å². The summed E-state index contributed by atoms with van der Waals surface area (Å²) in [6.45, 7) is -6.18. The minimum absolute atomic E-state index is 0.473. The highest BCUT2D eigenvalue weighted by atomic mass is 16.4. The maximum atomic E-state index is 12.1. The molecule has 0 radical (unpaired) electrons. The molecule has 21 nitrogen and oxygen atoms in total. The number of rotatable bonds is 19. The average molecular weight is 595 g/mol. The van der Waals surface area contributed by atoms with Gasteiger partial charge in [0, 0.05) is 0 Å². The third-order valence-electron chi connectivity index (χ3n) is 4.78. The van der Waals surface area contributed by atoms with Gasteiger partial charge in [0.15, 0.2) is 0 Å². The van der Waals surface area contributed by atoms with Crippen molar-refractivity contribution in [3.8, 4) is 0 Å². The average Bonchev–Trinajstić information content (AvgIpc) is 2.95. The largest absolute Gasteiger partial charge is 0.480 e. The highest BCUT2D eigenvalue weighted by molar-refractivity contribution is 5.95. The van der Waals surface area contributed by atoms with Crippen LogP contribution in [-0.2, 0) is 38.4 Å². The van der Waals surface area contributed by atoms with Gasteiger partial charge in [-0.3, -0.25) is 33.6 Å². The summed E-state index contributed by atoms with van der Waals surface area (Å²) in [4.78, 5) is 93.9. The van der Waals surface area contributed by atoms with Gasteiger partial charge in [-0.1, -0.05) is 0 Å². The number of aliphatic hydroxyl groups is 4. The second-order valence-corrected chi connectivity index (χ2v) is 7.91. The summed E-state index contributed by atoms with van der Waals surface area (Å²) in [7, 11) is 0. The third kappa shape index (κ3) is 14.5. The Hall–Kier alpha value is -4.44. The zero-order chi connectivity index (χ0) is 31.5. The number of carboxylic acids is 1. The number of aliphatic hydroxyl groups excluding tert-OH is 4. The Labute approximate surface area is 231 Å². The first-order chi connectivity index (χ1) is 19.3. The topological polar surface area (TPSA) is 348 Å². The quantitative estimate of drug-likeness (QED) is 0.0660. The molecular weight excluding hydrogens is 560 g/mol. The Morgan fingerprint density at radius 1 is 0.488 bits per heavy atom. The molecule has 0 aliphatic rings. The predicted molar refractivity (Wildman–Crippen MR) is 132 cm³/mol. The van der Waals surface area contributed by atoms with Crippen molar-refractivity contribution < 1.29 is 63.9 Å². The van der Waals surface area contributed by atoms with Gasteiger partial charge >= 0.3 is 5.97 Å². The van der Waals surface area contributed by atoms with Crippen molar-refractivity contribution in [3.63, 3.8) is 0 Å². The van der Waals surface area contributed by atoms with Crippen molar-refractivity contribution in [2.45, 2.75) is 24.2 Å². The van der Waals surface area contributed by atoms with Gasteiger partial charge in [0.25, 0.3) is 0 Å². The van der Waals surface area contributed by atoms with Crippen LogP contribution in [-0.4, -0.2) is 150 Å². The Morgan fingerprint density at radius 3 is 1.27 bits per heavy atom. The Balaban J connectivity index is 4.55. The van der Waals surface area contributed by atoms with Gasteiger partial charge in [-0.25, -0.2) is 4.79 Å². The summed E-state index contributed by atoms with van der Waals surface area (Å²) in [5.74, 6) is -8.21. The lowest BCUT2D eigenvalue weighted by molar-refractivity contribution is -0.143. The predicted octanol–water partition coefficient (Wildman–Crippen LogP) is -9.71. The Bertz CT molecular complexity index is 963. The lowest BCUT2D eigenvalue weighted by Crippen LogP contribution is -2.57. The molecule has 21 heteroatoms. The van der Waals surface area contributed by atoms with Crippen molar-refractivity contribution in [2.24, 2.45) is 5.73 Å². The van der Waals surface area contributed by atoms with Crippen molar-refractivity contribution in [1.82, 2.24) is 37.2 Å². The van der Waals surface area contributed by atoms with Crippen LogP contribution in [0.3, 0.4) is 0 Å². The number of nitrogens with one attached hydrogen (secondary N) is 7. The van der Waals surface area contributed by atoms with Gasteiger partial charge in [0.2, 0.25) is 41.4 Å². The fourth-order valence-electron chi connectivity index (χ4n) is 2.58. The van der Waals surface area contributed by atoms with E-state index in [0.717, 1.165) is 0 Å². The monoisotopic (exact) mass is 594 g/mol. The fraction of sp³-hybridized carbons (Fsp3) is 0.600. The molecule has 0 rings (SSSR count). The third-order valence-corrected chi connectivity index (χ3v) is 4.78. The van der Waals surface area contributed by atoms with Gasteiger partial charge in [-0.15, -0.1) is 0 Å². The fourth-order valence-corrected chi connectivity index (χ4v) is 2.58. The maximum Gasteiger partial charge on any atom is 0.328 e. The SMILES string of the molecule is NCC(=O)N[C@@H](CO)C(=O)N[C@@H](CO)C(=O)NCC(=O)NCC(=O)NCC(=O)N[C@@H](CO)C(=O)N[C@@H](CO)C(=O)O. The molecule has 0 aromatic rings. The summed E-state index contributed by atoms with van der Waals surface area (Å²) in [5, 5.41) is 59.8. The van der Waals surface area contributed by atoms with E-state index in [1.807, 2.05) is 10.6 Å². The number of carbonyl (C=O) groups is 8. The van der Waals surface area contributed by atoms with Crippen LogP contribution in [0.1, 0.15) is 0 Å². The van der Waals surface area contributed by atoms with E-state index in [4.69, 9.17) is 15.9 Å². The van der Waals surface area contributed by atoms with Crippen molar-refractivity contribution in [1.29, 1.82) is 0 Å². The number of hydrogen-bond acceptors (Lipinski definition) is 13. The maximum absolute atomic E-state index is 12.1. The first-order valence-electron chi connectivity index (χ1n) is 11.7. The van der Waals surface area contributed by atoms with Crippen LogP contribution >= 0.6 is 0 Å². The molecule has 4 atom stereocenters. The van der Waals surface area contributed by atoms with Crippen molar-refractivity contribution in [2.75, 3.05) is 52.6 Å². The summed E-state index contributed by atoms with van der Waals surface area (Å²) in [5.41, 5.74) is 5.10. The van der Waals surface area contributed by atoms with Crippen LogP contribution in [0.15, 0.2) is 0 Å². The van der Waals surface area contributed by atoms with Gasteiger partial charge in [0.1, 0.15) is 24.2 Å². The molecule has 0 aliphatic heterocycles. The van der Waals surface area contributed by atoms with Gasteiger partial charge in [-0.2, -0.15) is 0 Å². The van der Waals surface area contributed by atoms with Crippen LogP contribution in [0.5, 0.6) is 0 Å². The number of amides is 7. The number of nitrogens with two attached hydrogens (primary N) is 1. The van der Waals surface area contributed by atoms with Crippen LogP contribution < -0.4 is 43.0 Å². The minimum Gasteiger partial charge on any atom is -0.480 e. The van der Waals surface area contributed by atoms with Crippen molar-refractivity contribution in [3.05, 3.63) is 0 Å². The second kappa shape index (κ2) is 19.6. The lowest BCUT2D eigenvalue weighted by atomic mass is 10.2. The highest BCUT2D eigenvalue weighted by Crippen LogP contribution is 1.90. The van der Waals surface area contributed by atoms with Crippen LogP contribution in [0.25, 0.3) is 0 Å². The Kier molecular flexibility index (Phi) is 17.5. The van der Waals surface area contributed by atoms with Gasteiger partial charge in [0.05, 0.1) is 52.6 Å². The van der Waals surface area contributed by atoms with E-state index in [1.165, 1.54) is 0 Å². The first kappa shape index (κ1) is 36.6.